The maximum atomic E-state index is 11.6. The number of rotatable bonds is 4. The Morgan fingerprint density at radius 2 is 2.03 bits per heavy atom. The number of aryl methyl sites for hydroxylation is 1. The number of allylic oxidation sites excluding steroid dienone is 1. The first-order valence-corrected chi connectivity index (χ1v) is 10.3. The summed E-state index contributed by atoms with van der Waals surface area (Å²) < 4.78 is 6.27. The summed E-state index contributed by atoms with van der Waals surface area (Å²) in [5.41, 5.74) is 3.91. The fraction of sp³-hybridized carbons (Fsp3) is 0.0455. The Kier molecular flexibility index (Phi) is 5.30. The quantitative estimate of drug-likeness (QED) is 0.298. The molecule has 4 rings (SSSR count). The molecule has 7 heteroatoms. The predicted molar refractivity (Wildman–Crippen MR) is 120 cm³/mol. The molecular formula is C22H14BrN3O2S. The van der Waals surface area contributed by atoms with E-state index in [0.717, 1.165) is 26.7 Å². The van der Waals surface area contributed by atoms with E-state index < -0.39 is 0 Å². The smallest absolute Gasteiger partial charge is 0.336 e. The number of hydrogen-bond acceptors (Lipinski definition) is 6. The molecule has 0 spiro atoms. The van der Waals surface area contributed by atoms with Gasteiger partial charge in [0.05, 0.1) is 5.69 Å². The van der Waals surface area contributed by atoms with E-state index in [2.05, 4.69) is 32.3 Å². The van der Waals surface area contributed by atoms with Gasteiger partial charge in [0.15, 0.2) is 0 Å². The minimum absolute atomic E-state index is 0.385. The third-order valence-corrected chi connectivity index (χ3v) is 5.73. The van der Waals surface area contributed by atoms with Crippen LogP contribution in [0.3, 0.4) is 0 Å². The third kappa shape index (κ3) is 4.14. The highest BCUT2D eigenvalue weighted by molar-refractivity contribution is 9.10. The second-order valence-electron chi connectivity index (χ2n) is 6.32. The highest BCUT2D eigenvalue weighted by atomic mass is 79.9. The molecule has 2 heterocycles. The number of fused-ring (bicyclic) bond motifs is 1. The molecule has 0 saturated heterocycles. The predicted octanol–water partition coefficient (Wildman–Crippen LogP) is 5.96. The molecule has 4 aromatic rings. The highest BCUT2D eigenvalue weighted by Crippen LogP contribution is 2.27. The van der Waals surface area contributed by atoms with Gasteiger partial charge in [0, 0.05) is 44.8 Å². The third-order valence-electron chi connectivity index (χ3n) is 4.33. The Hall–Kier alpha value is -3.21. The van der Waals surface area contributed by atoms with Gasteiger partial charge in [-0.3, -0.25) is 0 Å². The average Bonchev–Trinajstić information content (AvgIpc) is 3.18. The van der Waals surface area contributed by atoms with E-state index in [9.17, 15) is 10.1 Å². The van der Waals surface area contributed by atoms with Gasteiger partial charge in [-0.15, -0.1) is 11.3 Å². The van der Waals surface area contributed by atoms with Crippen molar-refractivity contribution < 1.29 is 4.42 Å². The van der Waals surface area contributed by atoms with Gasteiger partial charge >= 0.3 is 5.63 Å². The van der Waals surface area contributed by atoms with Gasteiger partial charge in [0.25, 0.3) is 0 Å². The molecular weight excluding hydrogens is 450 g/mol. The summed E-state index contributed by atoms with van der Waals surface area (Å²) in [4.78, 5) is 16.2. The summed E-state index contributed by atoms with van der Waals surface area (Å²) in [6.45, 7) is 1.87. The van der Waals surface area contributed by atoms with Gasteiger partial charge in [-0.1, -0.05) is 28.1 Å². The lowest BCUT2D eigenvalue weighted by molar-refractivity contribution is 0.560. The van der Waals surface area contributed by atoms with E-state index >= 15 is 0 Å². The Morgan fingerprint density at radius 1 is 1.24 bits per heavy atom. The van der Waals surface area contributed by atoms with Crippen molar-refractivity contribution in [3.05, 3.63) is 85.6 Å². The van der Waals surface area contributed by atoms with Crippen LogP contribution in [0.15, 0.2) is 73.8 Å². The van der Waals surface area contributed by atoms with Crippen molar-refractivity contribution in [3.8, 4) is 17.3 Å². The molecule has 142 valence electrons. The summed E-state index contributed by atoms with van der Waals surface area (Å²) in [5, 5.41) is 16.1. The van der Waals surface area contributed by atoms with Gasteiger partial charge in [-0.05, 0) is 36.8 Å². The van der Waals surface area contributed by atoms with Gasteiger partial charge in [-0.2, -0.15) is 5.26 Å². The molecule has 0 fully saturated rings. The van der Waals surface area contributed by atoms with Gasteiger partial charge < -0.3 is 9.73 Å². The molecule has 0 radical (unpaired) electrons. The number of aromatic nitrogens is 1. The fourth-order valence-electron chi connectivity index (χ4n) is 2.86. The minimum atomic E-state index is -0.385. The topological polar surface area (TPSA) is 78.9 Å². The zero-order valence-electron chi connectivity index (χ0n) is 15.3. The largest absolute Gasteiger partial charge is 0.423 e. The molecule has 0 amide bonds. The number of halogens is 1. The van der Waals surface area contributed by atoms with E-state index in [1.807, 2.05) is 48.7 Å². The number of benzene rings is 2. The fourth-order valence-corrected chi connectivity index (χ4v) is 3.92. The summed E-state index contributed by atoms with van der Waals surface area (Å²) in [6, 6.07) is 17.0. The molecule has 0 atom stereocenters. The van der Waals surface area contributed by atoms with E-state index in [1.165, 1.54) is 17.4 Å². The molecule has 0 unspecified atom stereocenters. The summed E-state index contributed by atoms with van der Waals surface area (Å²) in [6.07, 6.45) is 1.61. The van der Waals surface area contributed by atoms with Crippen LogP contribution in [-0.2, 0) is 0 Å². The average molecular weight is 464 g/mol. The van der Waals surface area contributed by atoms with Crippen molar-refractivity contribution in [2.24, 2.45) is 0 Å². The highest BCUT2D eigenvalue weighted by Gasteiger charge is 2.09. The first-order valence-electron chi connectivity index (χ1n) is 8.66. The van der Waals surface area contributed by atoms with Crippen LogP contribution < -0.4 is 10.9 Å². The van der Waals surface area contributed by atoms with Crippen LogP contribution in [0.4, 0.5) is 5.69 Å². The summed E-state index contributed by atoms with van der Waals surface area (Å²) >= 11 is 4.83. The van der Waals surface area contributed by atoms with Crippen LogP contribution in [0.1, 0.15) is 10.6 Å². The van der Waals surface area contributed by atoms with Crippen molar-refractivity contribution >= 4 is 49.5 Å². The van der Waals surface area contributed by atoms with Gasteiger partial charge in [0.2, 0.25) is 0 Å². The van der Waals surface area contributed by atoms with Crippen molar-refractivity contribution in [1.29, 1.82) is 5.26 Å². The molecule has 5 nitrogen and oxygen atoms in total. The van der Waals surface area contributed by atoms with Crippen molar-refractivity contribution in [2.75, 3.05) is 5.32 Å². The minimum Gasteiger partial charge on any atom is -0.423 e. The SMILES string of the molecule is Cc1cc(=O)oc2cc(NC=C(C#N)c3nc(-c4ccc(Br)cc4)cs3)ccc12. The van der Waals surface area contributed by atoms with Crippen LogP contribution in [-0.4, -0.2) is 4.98 Å². The molecule has 1 N–H and O–H groups in total. The second kappa shape index (κ2) is 8.03. The number of nitriles is 1. The molecule has 29 heavy (non-hydrogen) atoms. The number of anilines is 1. The van der Waals surface area contributed by atoms with E-state index in [1.54, 1.807) is 12.3 Å². The standard InChI is InChI=1S/C22H14BrN3O2S/c1-13-8-21(27)28-20-9-17(6-7-18(13)20)25-11-15(10-24)22-26-19(12-29-22)14-2-4-16(23)5-3-14/h2-9,11-12,25H,1H3. The van der Waals surface area contributed by atoms with E-state index in [0.29, 0.717) is 21.9 Å². The number of nitrogens with zero attached hydrogens (tertiary/aromatic N) is 2. The van der Waals surface area contributed by atoms with Gasteiger partial charge in [-0.25, -0.2) is 9.78 Å². The van der Waals surface area contributed by atoms with E-state index in [4.69, 9.17) is 4.42 Å². The number of nitrogens with one attached hydrogen (secondary N) is 1. The molecule has 0 aliphatic rings. The normalized spacial score (nSPS) is 11.4. The lowest BCUT2D eigenvalue weighted by atomic mass is 10.1. The monoisotopic (exact) mass is 463 g/mol. The maximum absolute atomic E-state index is 11.6. The Morgan fingerprint density at radius 3 is 2.79 bits per heavy atom. The van der Waals surface area contributed by atoms with Crippen LogP contribution in [0.5, 0.6) is 0 Å². The van der Waals surface area contributed by atoms with Crippen LogP contribution in [0.25, 0.3) is 27.8 Å². The van der Waals surface area contributed by atoms with Crippen molar-refractivity contribution in [1.82, 2.24) is 4.98 Å². The zero-order chi connectivity index (χ0) is 20.4. The second-order valence-corrected chi connectivity index (χ2v) is 8.09. The number of thiazole rings is 1. The number of hydrogen-bond donors (Lipinski definition) is 1. The maximum Gasteiger partial charge on any atom is 0.336 e. The molecule has 0 bridgehead atoms. The van der Waals surface area contributed by atoms with E-state index in [-0.39, 0.29) is 5.63 Å². The van der Waals surface area contributed by atoms with Gasteiger partial charge in [0.1, 0.15) is 22.2 Å². The lowest BCUT2D eigenvalue weighted by Crippen LogP contribution is -1.98. The first kappa shape index (κ1) is 19.1. The van der Waals surface area contributed by atoms with Crippen LogP contribution >= 0.6 is 27.3 Å². The van der Waals surface area contributed by atoms with Crippen LogP contribution in [0.2, 0.25) is 0 Å². The Balaban J connectivity index is 1.60. The molecule has 0 aliphatic carbocycles. The van der Waals surface area contributed by atoms with Crippen LogP contribution in [0, 0.1) is 18.3 Å². The van der Waals surface area contributed by atoms with Crippen molar-refractivity contribution in [2.45, 2.75) is 6.92 Å². The summed E-state index contributed by atoms with van der Waals surface area (Å²) in [5.74, 6) is 0. The summed E-state index contributed by atoms with van der Waals surface area (Å²) in [7, 11) is 0. The van der Waals surface area contributed by atoms with Crippen molar-refractivity contribution in [3.63, 3.8) is 0 Å². The lowest BCUT2D eigenvalue weighted by Gasteiger charge is -2.05. The zero-order valence-corrected chi connectivity index (χ0v) is 17.7. The first-order chi connectivity index (χ1) is 14.0. The Labute approximate surface area is 179 Å². The molecule has 2 aromatic carbocycles. The molecule has 0 aliphatic heterocycles. The molecule has 2 aromatic heterocycles. The Bertz CT molecular complexity index is 1330. The molecule has 0 saturated carbocycles.